The summed E-state index contributed by atoms with van der Waals surface area (Å²) in [7, 11) is 0. The molecule has 5 heteroatoms. The number of rotatable bonds is 4. The summed E-state index contributed by atoms with van der Waals surface area (Å²) < 4.78 is 18.8. The maximum Gasteiger partial charge on any atom is 0.159 e. The van der Waals surface area contributed by atoms with E-state index in [9.17, 15) is 9.18 Å². The molecule has 0 aliphatic carbocycles. The zero-order chi connectivity index (χ0) is 14.7. The highest BCUT2D eigenvalue weighted by molar-refractivity contribution is 6.32. The second-order valence-corrected chi connectivity index (χ2v) is 5.05. The highest BCUT2D eigenvalue weighted by Crippen LogP contribution is 2.27. The first kappa shape index (κ1) is 14.8. The second-order valence-electron chi connectivity index (χ2n) is 4.24. The molecule has 2 aromatic rings. The molecular weight excluding hydrogens is 302 g/mol. The third-order valence-corrected chi connectivity index (χ3v) is 3.32. The molecule has 0 unspecified atom stereocenters. The van der Waals surface area contributed by atoms with Crippen molar-refractivity contribution in [1.29, 1.82) is 0 Å². The van der Waals surface area contributed by atoms with Gasteiger partial charge in [-0.05, 0) is 42.8 Å². The summed E-state index contributed by atoms with van der Waals surface area (Å²) in [5.74, 6) is -0.129. The van der Waals surface area contributed by atoms with Crippen LogP contribution in [0.25, 0.3) is 0 Å². The number of halogens is 3. The van der Waals surface area contributed by atoms with E-state index >= 15 is 0 Å². The van der Waals surface area contributed by atoms with Crippen molar-refractivity contribution in [3.05, 3.63) is 63.4 Å². The number of ketones is 1. The van der Waals surface area contributed by atoms with E-state index in [1.807, 2.05) is 0 Å². The third-order valence-electron chi connectivity index (χ3n) is 2.72. The molecule has 0 aliphatic heterocycles. The summed E-state index contributed by atoms with van der Waals surface area (Å²) in [5, 5.41) is 0.407. The first-order chi connectivity index (χ1) is 9.47. The van der Waals surface area contributed by atoms with Crippen molar-refractivity contribution in [2.75, 3.05) is 0 Å². The van der Waals surface area contributed by atoms with Gasteiger partial charge in [-0.15, -0.1) is 0 Å². The fourth-order valence-electron chi connectivity index (χ4n) is 1.63. The van der Waals surface area contributed by atoms with E-state index in [-0.39, 0.29) is 17.4 Å². The van der Waals surface area contributed by atoms with Gasteiger partial charge in [-0.2, -0.15) is 0 Å². The van der Waals surface area contributed by atoms with Crippen LogP contribution in [0.3, 0.4) is 0 Å². The van der Waals surface area contributed by atoms with Gasteiger partial charge in [0.1, 0.15) is 18.2 Å². The monoisotopic (exact) mass is 312 g/mol. The van der Waals surface area contributed by atoms with Crippen molar-refractivity contribution in [1.82, 2.24) is 0 Å². The van der Waals surface area contributed by atoms with Crippen molar-refractivity contribution in [3.63, 3.8) is 0 Å². The quantitative estimate of drug-likeness (QED) is 0.749. The minimum Gasteiger partial charge on any atom is -0.487 e. The van der Waals surface area contributed by atoms with Crippen LogP contribution in [0.1, 0.15) is 22.8 Å². The van der Waals surface area contributed by atoms with Crippen LogP contribution in [0.5, 0.6) is 5.75 Å². The fraction of sp³-hybridized carbons (Fsp3) is 0.133. The number of carbonyl (C=O) groups excluding carboxylic acids is 1. The van der Waals surface area contributed by atoms with Crippen LogP contribution < -0.4 is 4.74 Å². The van der Waals surface area contributed by atoms with Crippen LogP contribution in [-0.4, -0.2) is 5.78 Å². The van der Waals surface area contributed by atoms with Crippen LogP contribution in [0.15, 0.2) is 36.4 Å². The van der Waals surface area contributed by atoms with Gasteiger partial charge in [-0.1, -0.05) is 29.3 Å². The van der Waals surface area contributed by atoms with E-state index in [0.717, 1.165) is 0 Å². The molecule has 2 nitrogen and oxygen atoms in total. The van der Waals surface area contributed by atoms with Gasteiger partial charge in [0.05, 0.1) is 10.0 Å². The number of benzene rings is 2. The molecule has 0 aliphatic rings. The largest absolute Gasteiger partial charge is 0.487 e. The lowest BCUT2D eigenvalue weighted by molar-refractivity contribution is 0.101. The van der Waals surface area contributed by atoms with Crippen LogP contribution in [0.4, 0.5) is 4.39 Å². The van der Waals surface area contributed by atoms with Gasteiger partial charge >= 0.3 is 0 Å². The Morgan fingerprint density at radius 3 is 2.50 bits per heavy atom. The fourth-order valence-corrected chi connectivity index (χ4v) is 1.98. The Morgan fingerprint density at radius 1 is 1.15 bits per heavy atom. The first-order valence-corrected chi connectivity index (χ1v) is 6.60. The van der Waals surface area contributed by atoms with Crippen molar-refractivity contribution in [2.24, 2.45) is 0 Å². The minimum atomic E-state index is -0.495. The van der Waals surface area contributed by atoms with Crippen LogP contribution >= 0.6 is 23.2 Å². The number of Topliss-reactive ketones (excluding diaryl/α,β-unsaturated/α-hetero) is 1. The average molecular weight is 313 g/mol. The molecule has 0 amide bonds. The normalized spacial score (nSPS) is 10.4. The predicted molar refractivity (Wildman–Crippen MR) is 77.2 cm³/mol. The molecular formula is C15H11Cl2FO2. The van der Waals surface area contributed by atoms with E-state index in [1.54, 1.807) is 24.3 Å². The standard InChI is InChI=1S/C15H11Cl2FO2/c1-9(19)11-3-5-15(13(17)7-11)20-8-10-2-4-12(16)14(18)6-10/h2-7H,8H2,1H3. The van der Waals surface area contributed by atoms with E-state index in [1.165, 1.54) is 19.1 Å². The van der Waals surface area contributed by atoms with Crippen molar-refractivity contribution in [2.45, 2.75) is 13.5 Å². The third kappa shape index (κ3) is 3.50. The van der Waals surface area contributed by atoms with Gasteiger partial charge in [0.25, 0.3) is 0 Å². The maximum absolute atomic E-state index is 13.3. The molecule has 20 heavy (non-hydrogen) atoms. The molecule has 0 saturated carbocycles. The molecule has 0 fully saturated rings. The summed E-state index contributed by atoms with van der Waals surface area (Å²) in [6.45, 7) is 1.62. The van der Waals surface area contributed by atoms with Gasteiger partial charge in [0.2, 0.25) is 0 Å². The maximum atomic E-state index is 13.3. The molecule has 0 radical (unpaired) electrons. The Hall–Kier alpha value is -1.58. The summed E-state index contributed by atoms with van der Waals surface area (Å²) in [4.78, 5) is 11.2. The Morgan fingerprint density at radius 2 is 1.90 bits per heavy atom. The second kappa shape index (κ2) is 6.25. The Bertz CT molecular complexity index is 656. The zero-order valence-corrected chi connectivity index (χ0v) is 12.1. The van der Waals surface area contributed by atoms with Gasteiger partial charge < -0.3 is 4.74 Å². The molecule has 0 N–H and O–H groups in total. The van der Waals surface area contributed by atoms with Crippen molar-refractivity contribution < 1.29 is 13.9 Å². The molecule has 0 bridgehead atoms. The SMILES string of the molecule is CC(=O)c1ccc(OCc2ccc(Cl)c(F)c2)c(Cl)c1. The molecule has 0 spiro atoms. The topological polar surface area (TPSA) is 26.3 Å². The number of hydrogen-bond acceptors (Lipinski definition) is 2. The van der Waals surface area contributed by atoms with Crippen molar-refractivity contribution in [3.8, 4) is 5.75 Å². The molecule has 2 aromatic carbocycles. The molecule has 0 atom stereocenters. The van der Waals surface area contributed by atoms with E-state index in [2.05, 4.69) is 0 Å². The lowest BCUT2D eigenvalue weighted by atomic mass is 10.1. The van der Waals surface area contributed by atoms with Gasteiger partial charge in [-0.25, -0.2) is 4.39 Å². The molecule has 0 heterocycles. The summed E-state index contributed by atoms with van der Waals surface area (Å²) in [6, 6.07) is 9.23. The highest BCUT2D eigenvalue weighted by Gasteiger charge is 2.07. The summed E-state index contributed by atoms with van der Waals surface area (Å²) >= 11 is 11.6. The van der Waals surface area contributed by atoms with E-state index < -0.39 is 5.82 Å². The van der Waals surface area contributed by atoms with E-state index in [4.69, 9.17) is 27.9 Å². The highest BCUT2D eigenvalue weighted by atomic mass is 35.5. The lowest BCUT2D eigenvalue weighted by Gasteiger charge is -2.09. The summed E-state index contributed by atoms with van der Waals surface area (Å²) in [5.41, 5.74) is 1.15. The predicted octanol–water partition coefficient (Wildman–Crippen LogP) is 4.91. The average Bonchev–Trinajstić information content (AvgIpc) is 2.41. The number of hydrogen-bond donors (Lipinski definition) is 0. The Labute approximate surface area is 126 Å². The Kier molecular flexibility index (Phi) is 4.63. The van der Waals surface area contributed by atoms with Gasteiger partial charge in [0.15, 0.2) is 5.78 Å². The smallest absolute Gasteiger partial charge is 0.159 e. The summed E-state index contributed by atoms with van der Waals surface area (Å²) in [6.07, 6.45) is 0. The van der Waals surface area contributed by atoms with E-state index in [0.29, 0.717) is 21.9 Å². The molecule has 0 aromatic heterocycles. The molecule has 0 saturated heterocycles. The van der Waals surface area contributed by atoms with Crippen LogP contribution in [0, 0.1) is 5.82 Å². The lowest BCUT2D eigenvalue weighted by Crippen LogP contribution is -1.98. The molecule has 2 rings (SSSR count). The van der Waals surface area contributed by atoms with Gasteiger partial charge in [0, 0.05) is 5.56 Å². The first-order valence-electron chi connectivity index (χ1n) is 5.84. The minimum absolute atomic E-state index is 0.0672. The number of ether oxygens (including phenoxy) is 1. The van der Waals surface area contributed by atoms with Gasteiger partial charge in [-0.3, -0.25) is 4.79 Å². The van der Waals surface area contributed by atoms with Crippen molar-refractivity contribution >= 4 is 29.0 Å². The van der Waals surface area contributed by atoms with Crippen LogP contribution in [0.2, 0.25) is 10.0 Å². The Balaban J connectivity index is 2.10. The number of carbonyl (C=O) groups is 1. The molecule has 104 valence electrons. The zero-order valence-electron chi connectivity index (χ0n) is 10.6. The van der Waals surface area contributed by atoms with Crippen LogP contribution in [-0.2, 0) is 6.61 Å².